The van der Waals surface area contributed by atoms with E-state index in [9.17, 15) is 9.90 Å². The summed E-state index contributed by atoms with van der Waals surface area (Å²) in [6.07, 6.45) is 0. The number of rotatable bonds is 3. The SMILES string of the molecule is O=C(O)C1CSCCN1Cc1cc(Cl)ccc1Cl. The summed E-state index contributed by atoms with van der Waals surface area (Å²) in [4.78, 5) is 13.1. The van der Waals surface area contributed by atoms with Gasteiger partial charge in [-0.05, 0) is 23.8 Å². The van der Waals surface area contributed by atoms with Crippen LogP contribution in [0.5, 0.6) is 0 Å². The van der Waals surface area contributed by atoms with Crippen molar-refractivity contribution in [2.24, 2.45) is 0 Å². The second kappa shape index (κ2) is 6.15. The van der Waals surface area contributed by atoms with Crippen LogP contribution in [0.2, 0.25) is 10.0 Å². The highest BCUT2D eigenvalue weighted by atomic mass is 35.5. The van der Waals surface area contributed by atoms with Crippen LogP contribution in [0.1, 0.15) is 5.56 Å². The van der Waals surface area contributed by atoms with Gasteiger partial charge in [-0.3, -0.25) is 9.69 Å². The lowest BCUT2D eigenvalue weighted by molar-refractivity contribution is -0.142. The molecule has 1 atom stereocenters. The van der Waals surface area contributed by atoms with Gasteiger partial charge in [-0.25, -0.2) is 0 Å². The lowest BCUT2D eigenvalue weighted by Crippen LogP contribution is -2.46. The molecule has 0 radical (unpaired) electrons. The summed E-state index contributed by atoms with van der Waals surface area (Å²) in [5.41, 5.74) is 0.877. The number of aliphatic carboxylic acids is 1. The number of hydrogen-bond donors (Lipinski definition) is 1. The molecule has 1 aliphatic heterocycles. The largest absolute Gasteiger partial charge is 0.480 e. The molecule has 0 bridgehead atoms. The van der Waals surface area contributed by atoms with Crippen molar-refractivity contribution in [1.29, 1.82) is 0 Å². The molecular formula is C12H13Cl2NO2S. The van der Waals surface area contributed by atoms with Crippen molar-refractivity contribution >= 4 is 40.9 Å². The van der Waals surface area contributed by atoms with Gasteiger partial charge in [-0.2, -0.15) is 11.8 Å². The summed E-state index contributed by atoms with van der Waals surface area (Å²) in [5.74, 6) is 0.788. The van der Waals surface area contributed by atoms with Gasteiger partial charge in [0.05, 0.1) is 0 Å². The van der Waals surface area contributed by atoms with Crippen LogP contribution in [0.4, 0.5) is 0 Å². The molecule has 1 unspecified atom stereocenters. The van der Waals surface area contributed by atoms with Crippen molar-refractivity contribution in [2.45, 2.75) is 12.6 Å². The predicted molar refractivity (Wildman–Crippen MR) is 75.6 cm³/mol. The molecule has 0 aliphatic carbocycles. The third-order valence-electron chi connectivity index (χ3n) is 2.91. The van der Waals surface area contributed by atoms with E-state index in [1.165, 1.54) is 0 Å². The van der Waals surface area contributed by atoms with Crippen LogP contribution in [0, 0.1) is 0 Å². The van der Waals surface area contributed by atoms with E-state index < -0.39 is 12.0 Å². The molecule has 1 aliphatic rings. The minimum atomic E-state index is -0.777. The quantitative estimate of drug-likeness (QED) is 0.932. The maximum atomic E-state index is 11.2. The first-order valence-electron chi connectivity index (χ1n) is 5.56. The van der Waals surface area contributed by atoms with Crippen molar-refractivity contribution in [1.82, 2.24) is 4.90 Å². The van der Waals surface area contributed by atoms with E-state index in [4.69, 9.17) is 23.2 Å². The Bertz CT molecular complexity index is 456. The van der Waals surface area contributed by atoms with Crippen LogP contribution in [-0.2, 0) is 11.3 Å². The topological polar surface area (TPSA) is 40.5 Å². The van der Waals surface area contributed by atoms with Gasteiger partial charge in [0.25, 0.3) is 0 Å². The molecule has 6 heteroatoms. The molecule has 1 aromatic rings. The van der Waals surface area contributed by atoms with Crippen LogP contribution in [0.25, 0.3) is 0 Å². The molecule has 18 heavy (non-hydrogen) atoms. The fraction of sp³-hybridized carbons (Fsp3) is 0.417. The molecular weight excluding hydrogens is 293 g/mol. The van der Waals surface area contributed by atoms with Crippen molar-refractivity contribution in [3.8, 4) is 0 Å². The van der Waals surface area contributed by atoms with E-state index in [-0.39, 0.29) is 0 Å². The van der Waals surface area contributed by atoms with E-state index in [1.807, 2.05) is 4.90 Å². The van der Waals surface area contributed by atoms with Crippen LogP contribution in [0.3, 0.4) is 0 Å². The van der Waals surface area contributed by atoms with Gasteiger partial charge in [0, 0.05) is 34.6 Å². The second-order valence-electron chi connectivity index (χ2n) is 4.14. The normalized spacial score (nSPS) is 20.9. The van der Waals surface area contributed by atoms with Crippen molar-refractivity contribution < 1.29 is 9.90 Å². The molecule has 2 rings (SSSR count). The standard InChI is InChI=1S/C12H13Cl2NO2S/c13-9-1-2-10(14)8(5-9)6-15-3-4-18-7-11(15)12(16)17/h1-2,5,11H,3-4,6-7H2,(H,16,17). The smallest absolute Gasteiger partial charge is 0.321 e. The first kappa shape index (κ1) is 14.0. The number of carbonyl (C=O) groups is 1. The first-order valence-corrected chi connectivity index (χ1v) is 7.47. The number of nitrogens with zero attached hydrogens (tertiary/aromatic N) is 1. The average Bonchev–Trinajstić information content (AvgIpc) is 2.34. The van der Waals surface area contributed by atoms with E-state index in [0.29, 0.717) is 22.3 Å². The van der Waals surface area contributed by atoms with Gasteiger partial charge in [0.1, 0.15) is 6.04 Å². The maximum Gasteiger partial charge on any atom is 0.321 e. The van der Waals surface area contributed by atoms with Crippen molar-refractivity contribution in [2.75, 3.05) is 18.1 Å². The van der Waals surface area contributed by atoms with Gasteiger partial charge >= 0.3 is 5.97 Å². The highest BCUT2D eigenvalue weighted by molar-refractivity contribution is 7.99. The Labute approximate surface area is 120 Å². The highest BCUT2D eigenvalue weighted by Crippen LogP contribution is 2.25. The minimum absolute atomic E-state index is 0.446. The third kappa shape index (κ3) is 3.32. The number of carboxylic acids is 1. The minimum Gasteiger partial charge on any atom is -0.480 e. The van der Waals surface area contributed by atoms with Crippen LogP contribution < -0.4 is 0 Å². The van der Waals surface area contributed by atoms with Crippen LogP contribution in [-0.4, -0.2) is 40.1 Å². The van der Waals surface area contributed by atoms with Crippen LogP contribution >= 0.6 is 35.0 Å². The van der Waals surface area contributed by atoms with E-state index >= 15 is 0 Å². The number of halogens is 2. The molecule has 1 heterocycles. The molecule has 1 saturated heterocycles. The number of benzene rings is 1. The van der Waals surface area contributed by atoms with E-state index in [2.05, 4.69) is 0 Å². The van der Waals surface area contributed by atoms with Gasteiger partial charge in [0.2, 0.25) is 0 Å². The Balaban J connectivity index is 2.15. The fourth-order valence-corrected chi connectivity index (χ4v) is 3.42. The molecule has 0 saturated carbocycles. The van der Waals surface area contributed by atoms with Gasteiger partial charge in [0.15, 0.2) is 0 Å². The highest BCUT2D eigenvalue weighted by Gasteiger charge is 2.29. The Kier molecular flexibility index (Phi) is 4.78. The summed E-state index contributed by atoms with van der Waals surface area (Å²) in [7, 11) is 0. The third-order valence-corrected chi connectivity index (χ3v) is 4.53. The van der Waals surface area contributed by atoms with Gasteiger partial charge in [-0.1, -0.05) is 23.2 Å². The Morgan fingerprint density at radius 1 is 1.50 bits per heavy atom. The van der Waals surface area contributed by atoms with Crippen molar-refractivity contribution in [3.63, 3.8) is 0 Å². The lowest BCUT2D eigenvalue weighted by Gasteiger charge is -2.32. The first-order chi connectivity index (χ1) is 8.58. The van der Waals surface area contributed by atoms with Crippen LogP contribution in [0.15, 0.2) is 18.2 Å². The van der Waals surface area contributed by atoms with E-state index in [0.717, 1.165) is 17.9 Å². The number of carboxylic acid groups (broad SMARTS) is 1. The summed E-state index contributed by atoms with van der Waals surface area (Å²) in [6, 6.07) is 4.82. The predicted octanol–water partition coefficient (Wildman–Crippen LogP) is 3.00. The maximum absolute atomic E-state index is 11.2. The van der Waals surface area contributed by atoms with Gasteiger partial charge in [-0.15, -0.1) is 0 Å². The summed E-state index contributed by atoms with van der Waals surface area (Å²) in [6.45, 7) is 1.28. The lowest BCUT2D eigenvalue weighted by atomic mass is 10.1. The van der Waals surface area contributed by atoms with Gasteiger partial charge < -0.3 is 5.11 Å². The van der Waals surface area contributed by atoms with E-state index in [1.54, 1.807) is 30.0 Å². The number of thioether (sulfide) groups is 1. The Hall–Kier alpha value is -0.420. The second-order valence-corrected chi connectivity index (χ2v) is 6.13. The molecule has 1 N–H and O–H groups in total. The molecule has 0 amide bonds. The average molecular weight is 306 g/mol. The molecule has 0 spiro atoms. The monoisotopic (exact) mass is 305 g/mol. The molecule has 0 aromatic heterocycles. The molecule has 1 fully saturated rings. The zero-order valence-electron chi connectivity index (χ0n) is 9.60. The number of hydrogen-bond acceptors (Lipinski definition) is 3. The molecule has 1 aromatic carbocycles. The summed E-state index contributed by atoms with van der Waals surface area (Å²) < 4.78 is 0. The fourth-order valence-electron chi connectivity index (χ4n) is 1.94. The molecule has 3 nitrogen and oxygen atoms in total. The summed E-state index contributed by atoms with van der Waals surface area (Å²) >= 11 is 13.7. The molecule has 98 valence electrons. The zero-order chi connectivity index (χ0) is 13.1. The van der Waals surface area contributed by atoms with Crippen molar-refractivity contribution in [3.05, 3.63) is 33.8 Å². The zero-order valence-corrected chi connectivity index (χ0v) is 11.9. The Morgan fingerprint density at radius 2 is 2.28 bits per heavy atom. The Morgan fingerprint density at radius 3 is 3.00 bits per heavy atom. The summed E-state index contributed by atoms with van der Waals surface area (Å²) in [5, 5.41) is 10.4.